The Morgan fingerprint density at radius 1 is 1.58 bits per heavy atom. The predicted octanol–water partition coefficient (Wildman–Crippen LogP) is 1.97. The van der Waals surface area contributed by atoms with Gasteiger partial charge in [-0.25, -0.2) is 0 Å². The number of halogens is 1. The van der Waals surface area contributed by atoms with E-state index in [0.717, 1.165) is 30.5 Å². The number of carbonyl (C=O) groups excluding carboxylic acids is 1. The standard InChI is InChI=1S/C9H13BrO2/c1-12-8(11)9-2-6(3-9)7(4-9)5-10/h6-7H,2-5H2,1H3/t6?,7-,9?/m0/s1. The van der Waals surface area contributed by atoms with Crippen LogP contribution >= 0.6 is 15.9 Å². The van der Waals surface area contributed by atoms with Crippen LogP contribution in [0.2, 0.25) is 0 Å². The molecule has 0 unspecified atom stereocenters. The highest BCUT2D eigenvalue weighted by molar-refractivity contribution is 9.09. The minimum atomic E-state index is -0.0716. The van der Waals surface area contributed by atoms with Crippen molar-refractivity contribution in [3.05, 3.63) is 0 Å². The molecule has 1 atom stereocenters. The number of ether oxygens (including phenoxy) is 1. The summed E-state index contributed by atoms with van der Waals surface area (Å²) in [4.78, 5) is 11.4. The number of esters is 1. The molecule has 0 aromatic heterocycles. The van der Waals surface area contributed by atoms with Crippen molar-refractivity contribution in [2.75, 3.05) is 12.4 Å². The second kappa shape index (κ2) is 2.72. The zero-order chi connectivity index (χ0) is 8.77. The lowest BCUT2D eigenvalue weighted by Gasteiger charge is -2.35. The maximum absolute atomic E-state index is 11.4. The molecule has 68 valence electrons. The van der Waals surface area contributed by atoms with E-state index in [2.05, 4.69) is 15.9 Å². The van der Waals surface area contributed by atoms with Crippen LogP contribution in [0.3, 0.4) is 0 Å². The first kappa shape index (κ1) is 8.54. The number of hydrogen-bond acceptors (Lipinski definition) is 2. The topological polar surface area (TPSA) is 26.3 Å². The molecule has 12 heavy (non-hydrogen) atoms. The quantitative estimate of drug-likeness (QED) is 0.538. The van der Waals surface area contributed by atoms with Crippen molar-refractivity contribution >= 4 is 21.9 Å². The molecule has 3 rings (SSSR count). The lowest BCUT2D eigenvalue weighted by Crippen LogP contribution is -2.37. The third-order valence-electron chi connectivity index (χ3n) is 3.44. The van der Waals surface area contributed by atoms with Gasteiger partial charge in [0, 0.05) is 5.33 Å². The summed E-state index contributed by atoms with van der Waals surface area (Å²) >= 11 is 3.49. The average Bonchev–Trinajstić information content (AvgIpc) is 2.55. The summed E-state index contributed by atoms with van der Waals surface area (Å²) < 4.78 is 4.81. The summed E-state index contributed by atoms with van der Waals surface area (Å²) in [7, 11) is 1.49. The monoisotopic (exact) mass is 232 g/mol. The molecule has 2 bridgehead atoms. The normalized spacial score (nSPS) is 43.8. The van der Waals surface area contributed by atoms with Crippen molar-refractivity contribution in [3.63, 3.8) is 0 Å². The van der Waals surface area contributed by atoms with Gasteiger partial charge in [0.15, 0.2) is 0 Å². The minimum Gasteiger partial charge on any atom is -0.469 e. The molecule has 3 saturated carbocycles. The van der Waals surface area contributed by atoms with E-state index in [4.69, 9.17) is 4.74 Å². The molecule has 0 spiro atoms. The highest BCUT2D eigenvalue weighted by Crippen LogP contribution is 2.62. The fourth-order valence-corrected chi connectivity index (χ4v) is 3.52. The summed E-state index contributed by atoms with van der Waals surface area (Å²) in [6.45, 7) is 0. The van der Waals surface area contributed by atoms with Crippen LogP contribution in [0.5, 0.6) is 0 Å². The van der Waals surface area contributed by atoms with Gasteiger partial charge in [-0.15, -0.1) is 0 Å². The average molecular weight is 233 g/mol. The van der Waals surface area contributed by atoms with Crippen molar-refractivity contribution in [3.8, 4) is 0 Å². The van der Waals surface area contributed by atoms with Crippen LogP contribution in [0.25, 0.3) is 0 Å². The van der Waals surface area contributed by atoms with E-state index in [1.165, 1.54) is 7.11 Å². The smallest absolute Gasteiger partial charge is 0.311 e. The lowest BCUT2D eigenvalue weighted by atomic mass is 9.69. The molecule has 3 aliphatic carbocycles. The molecule has 0 radical (unpaired) electrons. The first-order chi connectivity index (χ1) is 5.72. The lowest BCUT2D eigenvalue weighted by molar-refractivity contribution is -0.157. The third-order valence-corrected chi connectivity index (χ3v) is 4.27. The second-order valence-corrected chi connectivity index (χ2v) is 4.71. The van der Waals surface area contributed by atoms with E-state index in [-0.39, 0.29) is 11.4 Å². The van der Waals surface area contributed by atoms with Crippen LogP contribution < -0.4 is 0 Å². The molecule has 3 heteroatoms. The van der Waals surface area contributed by atoms with Crippen molar-refractivity contribution in [1.82, 2.24) is 0 Å². The Morgan fingerprint density at radius 3 is 2.67 bits per heavy atom. The van der Waals surface area contributed by atoms with Crippen LogP contribution in [0, 0.1) is 17.3 Å². The summed E-state index contributed by atoms with van der Waals surface area (Å²) in [5, 5.41) is 1.04. The van der Waals surface area contributed by atoms with Crippen molar-refractivity contribution in [1.29, 1.82) is 0 Å². The van der Waals surface area contributed by atoms with Gasteiger partial charge in [-0.2, -0.15) is 0 Å². The highest BCUT2D eigenvalue weighted by Gasteiger charge is 2.60. The van der Waals surface area contributed by atoms with Gasteiger partial charge in [-0.1, -0.05) is 15.9 Å². The summed E-state index contributed by atoms with van der Waals surface area (Å²) in [5.74, 6) is 1.51. The molecule has 0 saturated heterocycles. The van der Waals surface area contributed by atoms with E-state index in [1.807, 2.05) is 0 Å². The second-order valence-electron chi connectivity index (χ2n) is 4.06. The molecule has 0 aliphatic heterocycles. The Balaban J connectivity index is 2.06. The molecule has 2 nitrogen and oxygen atoms in total. The number of alkyl halides is 1. The predicted molar refractivity (Wildman–Crippen MR) is 49.1 cm³/mol. The van der Waals surface area contributed by atoms with Gasteiger partial charge in [0.1, 0.15) is 0 Å². The molecule has 0 heterocycles. The molecule has 0 aromatic carbocycles. The van der Waals surface area contributed by atoms with Crippen LogP contribution in [0.4, 0.5) is 0 Å². The van der Waals surface area contributed by atoms with Gasteiger partial charge in [0.2, 0.25) is 0 Å². The molecule has 0 amide bonds. The molecular formula is C9H13BrO2. The minimum absolute atomic E-state index is 0.0159. The first-order valence-corrected chi connectivity index (χ1v) is 5.48. The molecule has 3 aliphatic rings. The van der Waals surface area contributed by atoms with Gasteiger partial charge < -0.3 is 4.74 Å². The van der Waals surface area contributed by atoms with E-state index >= 15 is 0 Å². The van der Waals surface area contributed by atoms with E-state index in [0.29, 0.717) is 5.92 Å². The van der Waals surface area contributed by atoms with Crippen LogP contribution in [-0.4, -0.2) is 18.4 Å². The van der Waals surface area contributed by atoms with E-state index < -0.39 is 0 Å². The summed E-state index contributed by atoms with van der Waals surface area (Å²) in [6, 6.07) is 0. The van der Waals surface area contributed by atoms with Gasteiger partial charge in [0.25, 0.3) is 0 Å². The number of fused-ring (bicyclic) bond motifs is 1. The van der Waals surface area contributed by atoms with Gasteiger partial charge in [-0.05, 0) is 31.1 Å². The highest BCUT2D eigenvalue weighted by atomic mass is 79.9. The third kappa shape index (κ3) is 0.951. The maximum Gasteiger partial charge on any atom is 0.311 e. The Hall–Kier alpha value is -0.0500. The largest absolute Gasteiger partial charge is 0.469 e. The number of carbonyl (C=O) groups is 1. The Kier molecular flexibility index (Phi) is 1.94. The molecular weight excluding hydrogens is 220 g/mol. The fraction of sp³-hybridized carbons (Fsp3) is 0.889. The fourth-order valence-electron chi connectivity index (χ4n) is 2.76. The van der Waals surface area contributed by atoms with Crippen molar-refractivity contribution < 1.29 is 9.53 Å². The Bertz CT molecular complexity index is 209. The number of methoxy groups -OCH3 is 1. The van der Waals surface area contributed by atoms with Gasteiger partial charge >= 0.3 is 5.97 Å². The zero-order valence-corrected chi connectivity index (χ0v) is 8.76. The van der Waals surface area contributed by atoms with Crippen LogP contribution in [0.15, 0.2) is 0 Å². The Morgan fingerprint density at radius 2 is 2.25 bits per heavy atom. The van der Waals surface area contributed by atoms with E-state index in [9.17, 15) is 4.79 Å². The number of hydrogen-bond donors (Lipinski definition) is 0. The van der Waals surface area contributed by atoms with E-state index in [1.54, 1.807) is 0 Å². The maximum atomic E-state index is 11.4. The van der Waals surface area contributed by atoms with Gasteiger partial charge in [0.05, 0.1) is 12.5 Å². The van der Waals surface area contributed by atoms with Crippen LogP contribution in [-0.2, 0) is 9.53 Å². The molecule has 0 N–H and O–H groups in total. The molecule has 3 fully saturated rings. The summed E-state index contributed by atoms with van der Waals surface area (Å²) in [6.07, 6.45) is 3.17. The molecule has 0 aromatic rings. The van der Waals surface area contributed by atoms with Crippen molar-refractivity contribution in [2.24, 2.45) is 17.3 Å². The Labute approximate surface area is 80.8 Å². The SMILES string of the molecule is COC(=O)C12CC(C1)[C@H](CBr)C2. The summed E-state index contributed by atoms with van der Waals surface area (Å²) in [5.41, 5.74) is -0.0716. The first-order valence-electron chi connectivity index (χ1n) is 4.36. The van der Waals surface area contributed by atoms with Crippen LogP contribution in [0.1, 0.15) is 19.3 Å². The number of rotatable bonds is 2. The zero-order valence-electron chi connectivity index (χ0n) is 7.18. The van der Waals surface area contributed by atoms with Gasteiger partial charge in [-0.3, -0.25) is 4.79 Å². The van der Waals surface area contributed by atoms with Crippen molar-refractivity contribution in [2.45, 2.75) is 19.3 Å².